The Kier molecular flexibility index (Phi) is 6.19. The first-order valence-corrected chi connectivity index (χ1v) is 9.10. The number of aldehydes is 1. The number of ether oxygens (including phenoxy) is 1. The normalized spacial score (nSPS) is 24.0. The number of hydrogen-bond donors (Lipinski definition) is 0. The van der Waals surface area contributed by atoms with Crippen LogP contribution in [0.4, 0.5) is 8.78 Å². The van der Waals surface area contributed by atoms with Crippen molar-refractivity contribution >= 4 is 6.29 Å². The average molecular weight is 365 g/mol. The van der Waals surface area contributed by atoms with Crippen LogP contribution in [0, 0.1) is 11.8 Å². The van der Waals surface area contributed by atoms with Gasteiger partial charge in [0.05, 0.1) is 13.2 Å². The second-order valence-electron chi connectivity index (χ2n) is 6.91. The number of rotatable bonds is 7. The second kappa shape index (κ2) is 8.58. The molecule has 0 spiro atoms. The summed E-state index contributed by atoms with van der Waals surface area (Å²) in [5.74, 6) is 0.916. The topological polar surface area (TPSA) is 45.7 Å². The molecule has 0 aromatic carbocycles. The lowest BCUT2D eigenvalue weighted by Gasteiger charge is -2.38. The van der Waals surface area contributed by atoms with Gasteiger partial charge in [0.25, 0.3) is 6.43 Å². The Morgan fingerprint density at radius 1 is 1.38 bits per heavy atom. The lowest BCUT2D eigenvalue weighted by molar-refractivity contribution is -0.00969. The van der Waals surface area contributed by atoms with Crippen molar-refractivity contribution in [2.75, 3.05) is 26.7 Å². The fourth-order valence-electron chi connectivity index (χ4n) is 3.95. The molecule has 7 heteroatoms. The van der Waals surface area contributed by atoms with Crippen LogP contribution in [0.5, 0.6) is 5.75 Å². The molecule has 1 aliphatic carbocycles. The zero-order chi connectivity index (χ0) is 18.5. The van der Waals surface area contributed by atoms with Crippen molar-refractivity contribution in [3.05, 3.63) is 35.8 Å². The molecule has 2 unspecified atom stereocenters. The van der Waals surface area contributed by atoms with E-state index in [9.17, 15) is 13.6 Å². The second-order valence-corrected chi connectivity index (χ2v) is 6.91. The highest BCUT2D eigenvalue weighted by Gasteiger charge is 2.35. The van der Waals surface area contributed by atoms with E-state index in [1.807, 2.05) is 12.1 Å². The minimum absolute atomic E-state index is 0.198. The molecule has 1 aromatic heterocycles. The van der Waals surface area contributed by atoms with Crippen molar-refractivity contribution < 1.29 is 18.3 Å². The summed E-state index contributed by atoms with van der Waals surface area (Å²) in [6.45, 7) is 0.842. The summed E-state index contributed by atoms with van der Waals surface area (Å²) in [6.07, 6.45) is 6.10. The molecule has 1 saturated carbocycles. The molecule has 5 nitrogen and oxygen atoms in total. The number of carbonyl (C=O) groups excluding carboxylic acids is 1. The van der Waals surface area contributed by atoms with Crippen LogP contribution in [0.3, 0.4) is 0 Å². The van der Waals surface area contributed by atoms with Gasteiger partial charge in [-0.1, -0.05) is 12.8 Å². The first-order chi connectivity index (χ1) is 12.6. The molecule has 0 saturated heterocycles. The molecule has 0 N–H and O–H groups in total. The number of alkyl halides is 2. The van der Waals surface area contributed by atoms with Crippen molar-refractivity contribution in [2.45, 2.75) is 32.1 Å². The molecule has 26 heavy (non-hydrogen) atoms. The summed E-state index contributed by atoms with van der Waals surface area (Å²) < 4.78 is 31.9. The van der Waals surface area contributed by atoms with Crippen molar-refractivity contribution in [1.82, 2.24) is 15.0 Å². The van der Waals surface area contributed by atoms with Gasteiger partial charge in [-0.2, -0.15) is 0 Å². The zero-order valence-electron chi connectivity index (χ0n) is 15.0. The van der Waals surface area contributed by atoms with E-state index < -0.39 is 6.43 Å². The van der Waals surface area contributed by atoms with Gasteiger partial charge < -0.3 is 9.75 Å². The van der Waals surface area contributed by atoms with Crippen molar-refractivity contribution in [3.63, 3.8) is 0 Å². The SMILES string of the molecule is CN1CC=C(C2CCCCC2COc2cccnc2C=O)N1CC(F)F. The summed E-state index contributed by atoms with van der Waals surface area (Å²) in [5.41, 5.74) is 1.28. The van der Waals surface area contributed by atoms with Crippen molar-refractivity contribution in [3.8, 4) is 5.75 Å². The third-order valence-corrected chi connectivity index (χ3v) is 5.24. The Hall–Kier alpha value is -2.02. The van der Waals surface area contributed by atoms with Gasteiger partial charge in [-0.25, -0.2) is 18.8 Å². The maximum absolute atomic E-state index is 13.0. The molecule has 0 amide bonds. The van der Waals surface area contributed by atoms with Gasteiger partial charge in [0.2, 0.25) is 0 Å². The Morgan fingerprint density at radius 2 is 2.19 bits per heavy atom. The number of pyridine rings is 1. The van der Waals surface area contributed by atoms with Crippen molar-refractivity contribution in [1.29, 1.82) is 0 Å². The van der Waals surface area contributed by atoms with Gasteiger partial charge in [-0.15, -0.1) is 0 Å². The summed E-state index contributed by atoms with van der Waals surface area (Å²) >= 11 is 0. The quantitative estimate of drug-likeness (QED) is 0.693. The molecule has 2 atom stereocenters. The van der Waals surface area contributed by atoms with E-state index in [2.05, 4.69) is 11.1 Å². The van der Waals surface area contributed by atoms with Gasteiger partial charge >= 0.3 is 0 Å². The Balaban J connectivity index is 1.70. The number of aromatic nitrogens is 1. The van der Waals surface area contributed by atoms with Crippen LogP contribution < -0.4 is 4.74 Å². The Labute approximate surface area is 152 Å². The predicted molar refractivity (Wildman–Crippen MR) is 94.0 cm³/mol. The third kappa shape index (κ3) is 4.20. The highest BCUT2D eigenvalue weighted by Crippen LogP contribution is 2.39. The minimum Gasteiger partial charge on any atom is -0.491 e. The lowest BCUT2D eigenvalue weighted by Crippen LogP contribution is -2.41. The van der Waals surface area contributed by atoms with Gasteiger partial charge in [-0.3, -0.25) is 4.79 Å². The summed E-state index contributed by atoms with van der Waals surface area (Å²) in [4.78, 5) is 15.1. The molecule has 0 bridgehead atoms. The van der Waals surface area contributed by atoms with E-state index in [4.69, 9.17) is 4.74 Å². The largest absolute Gasteiger partial charge is 0.491 e. The number of allylic oxidation sites excluding steroid dienone is 1. The number of likely N-dealkylation sites (N-methyl/N-ethyl adjacent to an activating group) is 1. The number of carbonyl (C=O) groups is 1. The van der Waals surface area contributed by atoms with Crippen molar-refractivity contribution in [2.24, 2.45) is 11.8 Å². The van der Waals surface area contributed by atoms with E-state index in [0.29, 0.717) is 30.9 Å². The summed E-state index contributed by atoms with van der Waals surface area (Å²) in [5, 5.41) is 3.56. The lowest BCUT2D eigenvalue weighted by atomic mass is 9.77. The van der Waals surface area contributed by atoms with Gasteiger partial charge in [-0.05, 0) is 31.1 Å². The molecule has 142 valence electrons. The fourth-order valence-corrected chi connectivity index (χ4v) is 3.95. The summed E-state index contributed by atoms with van der Waals surface area (Å²) in [6, 6.07) is 3.47. The van der Waals surface area contributed by atoms with Crippen LogP contribution in [0.1, 0.15) is 36.2 Å². The molecule has 0 radical (unpaired) electrons. The number of hydrogen-bond acceptors (Lipinski definition) is 5. The van der Waals surface area contributed by atoms with Crippen LogP contribution in [0.15, 0.2) is 30.1 Å². The third-order valence-electron chi connectivity index (χ3n) is 5.24. The maximum Gasteiger partial charge on any atom is 0.257 e. The van der Waals surface area contributed by atoms with E-state index in [0.717, 1.165) is 31.4 Å². The number of hydrazine groups is 1. The standard InChI is InChI=1S/C19H25F2N3O2/c1-23-10-8-17(24(23)11-19(20)21)15-6-3-2-5-14(15)13-26-18-7-4-9-22-16(18)12-25/h4,7-9,12,14-15,19H,2-3,5-6,10-11,13H2,1H3. The van der Waals surface area contributed by atoms with Gasteiger partial charge in [0.15, 0.2) is 6.29 Å². The zero-order valence-corrected chi connectivity index (χ0v) is 15.0. The van der Waals surface area contributed by atoms with E-state index >= 15 is 0 Å². The van der Waals surface area contributed by atoms with Crippen LogP contribution in [-0.4, -0.2) is 54.5 Å². The molecular weight excluding hydrogens is 340 g/mol. The Bertz CT molecular complexity index is 653. The molecule has 3 rings (SSSR count). The van der Waals surface area contributed by atoms with Crippen LogP contribution in [0.25, 0.3) is 0 Å². The highest BCUT2D eigenvalue weighted by molar-refractivity contribution is 5.75. The monoisotopic (exact) mass is 365 g/mol. The fraction of sp³-hybridized carbons (Fsp3) is 0.579. The smallest absolute Gasteiger partial charge is 0.257 e. The first kappa shape index (κ1) is 18.8. The molecule has 1 aliphatic heterocycles. The molecule has 1 fully saturated rings. The minimum atomic E-state index is -2.37. The maximum atomic E-state index is 13.0. The highest BCUT2D eigenvalue weighted by atomic mass is 19.3. The van der Waals surface area contributed by atoms with Gasteiger partial charge in [0.1, 0.15) is 11.4 Å². The number of nitrogens with zero attached hydrogens (tertiary/aromatic N) is 3. The van der Waals surface area contributed by atoms with Crippen LogP contribution in [-0.2, 0) is 0 Å². The molecule has 2 heterocycles. The average Bonchev–Trinajstić information content (AvgIpc) is 3.00. The molecular formula is C19H25F2N3O2. The van der Waals surface area contributed by atoms with Crippen LogP contribution >= 0.6 is 0 Å². The van der Waals surface area contributed by atoms with E-state index in [1.54, 1.807) is 23.3 Å². The predicted octanol–water partition coefficient (Wildman–Crippen LogP) is 3.39. The van der Waals surface area contributed by atoms with Gasteiger partial charge in [0, 0.05) is 37.3 Å². The van der Waals surface area contributed by atoms with E-state index in [1.165, 1.54) is 0 Å². The summed E-state index contributed by atoms with van der Waals surface area (Å²) in [7, 11) is 1.84. The van der Waals surface area contributed by atoms with Crippen LogP contribution in [0.2, 0.25) is 0 Å². The molecule has 1 aromatic rings. The van der Waals surface area contributed by atoms with E-state index in [-0.39, 0.29) is 18.4 Å². The Morgan fingerprint density at radius 3 is 2.96 bits per heavy atom. The number of halogens is 2. The molecule has 2 aliphatic rings. The first-order valence-electron chi connectivity index (χ1n) is 9.10.